The fraction of sp³-hybridized carbons (Fsp3) is 0.756. The van der Waals surface area contributed by atoms with E-state index in [9.17, 15) is 25.2 Å². The molecule has 6 unspecified atom stereocenters. The lowest BCUT2D eigenvalue weighted by atomic mass is 9.99. The number of aliphatic hydroxyl groups excluding tert-OH is 4. The number of allylic oxidation sites excluding steroid dienone is 10. The lowest BCUT2D eigenvalue weighted by Crippen LogP contribution is -2.59. The van der Waals surface area contributed by atoms with Crippen molar-refractivity contribution in [1.82, 2.24) is 0 Å². The van der Waals surface area contributed by atoms with Gasteiger partial charge >= 0.3 is 5.97 Å². The van der Waals surface area contributed by atoms with Crippen LogP contribution in [0.4, 0.5) is 0 Å². The van der Waals surface area contributed by atoms with Crippen LogP contribution in [0, 0.1) is 0 Å². The van der Waals surface area contributed by atoms with Crippen molar-refractivity contribution in [2.45, 2.75) is 192 Å². The van der Waals surface area contributed by atoms with Gasteiger partial charge in [-0.25, -0.2) is 0 Å². The van der Waals surface area contributed by atoms with Crippen molar-refractivity contribution in [3.63, 3.8) is 0 Å². The zero-order valence-electron chi connectivity index (χ0n) is 34.0. The van der Waals surface area contributed by atoms with E-state index >= 15 is 0 Å². The van der Waals surface area contributed by atoms with E-state index < -0.39 is 43.4 Å². The van der Waals surface area contributed by atoms with Crippen LogP contribution in [-0.2, 0) is 23.7 Å². The van der Waals surface area contributed by atoms with Gasteiger partial charge in [-0.3, -0.25) is 4.79 Å². The minimum absolute atomic E-state index is 0.115. The fourth-order valence-corrected chi connectivity index (χ4v) is 6.11. The number of carbonyl (C=O) groups is 1. The van der Waals surface area contributed by atoms with E-state index in [0.717, 1.165) is 70.6 Å². The van der Waals surface area contributed by atoms with Gasteiger partial charge in [-0.2, -0.15) is 0 Å². The standard InChI is InChI=1S/C45H78O9/c1-3-5-7-9-11-13-15-17-18-19-20-21-23-25-27-29-31-33-35-51-37-39(38-52-45-44(50)43(49)42(48)40(36-46)54-45)53-41(47)34-32-30-28-26-24-22-16-14-12-10-8-6-4-2/h5,7,11,13,17-18,20-21,25,27,39-40,42-46,48-50H,3-4,6,8-10,12,14-16,19,22-24,26,28-38H2,1-2H3/b7-5-,13-11-,18-17-,21-20-,27-25-. The summed E-state index contributed by atoms with van der Waals surface area (Å²) < 4.78 is 22.7. The molecule has 0 radical (unpaired) electrons. The first-order chi connectivity index (χ1) is 26.4. The predicted octanol–water partition coefficient (Wildman–Crippen LogP) is 9.13. The molecule has 0 aromatic carbocycles. The zero-order valence-corrected chi connectivity index (χ0v) is 34.0. The van der Waals surface area contributed by atoms with E-state index in [2.05, 4.69) is 74.6 Å². The number of rotatable bonds is 35. The first-order valence-electron chi connectivity index (χ1n) is 21.4. The maximum atomic E-state index is 12.7. The average molecular weight is 763 g/mol. The average Bonchev–Trinajstić information content (AvgIpc) is 3.17. The van der Waals surface area contributed by atoms with Crippen molar-refractivity contribution < 1.29 is 44.2 Å². The highest BCUT2D eigenvalue weighted by Crippen LogP contribution is 2.22. The molecule has 0 aliphatic carbocycles. The van der Waals surface area contributed by atoms with Gasteiger partial charge in [0.15, 0.2) is 6.29 Å². The van der Waals surface area contributed by atoms with Crippen molar-refractivity contribution in [1.29, 1.82) is 0 Å². The Kier molecular flexibility index (Phi) is 33.8. The van der Waals surface area contributed by atoms with E-state index in [-0.39, 0.29) is 19.2 Å². The van der Waals surface area contributed by atoms with Crippen LogP contribution in [-0.4, -0.2) is 89.6 Å². The molecule has 1 aliphatic rings. The highest BCUT2D eigenvalue weighted by molar-refractivity contribution is 5.69. The molecule has 312 valence electrons. The van der Waals surface area contributed by atoms with E-state index in [1.165, 1.54) is 64.2 Å². The van der Waals surface area contributed by atoms with E-state index in [4.69, 9.17) is 18.9 Å². The molecule has 9 nitrogen and oxygen atoms in total. The molecule has 1 saturated heterocycles. The minimum Gasteiger partial charge on any atom is -0.457 e. The monoisotopic (exact) mass is 763 g/mol. The summed E-state index contributed by atoms with van der Waals surface area (Å²) in [4.78, 5) is 12.7. The van der Waals surface area contributed by atoms with Crippen LogP contribution in [0.25, 0.3) is 0 Å². The summed E-state index contributed by atoms with van der Waals surface area (Å²) in [5, 5.41) is 40.0. The fourth-order valence-electron chi connectivity index (χ4n) is 6.11. The van der Waals surface area contributed by atoms with Crippen molar-refractivity contribution in [3.8, 4) is 0 Å². The molecule has 6 atom stereocenters. The van der Waals surface area contributed by atoms with Crippen molar-refractivity contribution in [2.75, 3.05) is 26.4 Å². The highest BCUT2D eigenvalue weighted by atomic mass is 16.7. The van der Waals surface area contributed by atoms with Gasteiger partial charge in [-0.1, -0.05) is 152 Å². The number of ether oxygens (including phenoxy) is 4. The van der Waals surface area contributed by atoms with Gasteiger partial charge in [0, 0.05) is 13.0 Å². The third kappa shape index (κ3) is 27.5. The lowest BCUT2D eigenvalue weighted by molar-refractivity contribution is -0.305. The molecule has 0 aromatic heterocycles. The van der Waals surface area contributed by atoms with Gasteiger partial charge in [0.05, 0.1) is 19.8 Å². The molecule has 54 heavy (non-hydrogen) atoms. The number of hydrogen-bond acceptors (Lipinski definition) is 9. The highest BCUT2D eigenvalue weighted by Gasteiger charge is 2.44. The smallest absolute Gasteiger partial charge is 0.306 e. The maximum absolute atomic E-state index is 12.7. The first-order valence-corrected chi connectivity index (χ1v) is 21.4. The molecule has 1 aliphatic heterocycles. The summed E-state index contributed by atoms with van der Waals surface area (Å²) in [6.45, 7) is 4.32. The Hall–Kier alpha value is -2.11. The Balaban J connectivity index is 2.33. The minimum atomic E-state index is -1.54. The Labute approximate surface area is 328 Å². The first kappa shape index (κ1) is 49.9. The lowest BCUT2D eigenvalue weighted by Gasteiger charge is -2.39. The Bertz CT molecular complexity index is 1010. The van der Waals surface area contributed by atoms with Gasteiger partial charge < -0.3 is 39.4 Å². The van der Waals surface area contributed by atoms with Crippen LogP contribution in [0.5, 0.6) is 0 Å². The summed E-state index contributed by atoms with van der Waals surface area (Å²) in [6, 6.07) is 0. The topological polar surface area (TPSA) is 135 Å². The van der Waals surface area contributed by atoms with Crippen LogP contribution in [0.3, 0.4) is 0 Å². The Morgan fingerprint density at radius 3 is 1.67 bits per heavy atom. The molecule has 9 heteroatoms. The molecule has 0 saturated carbocycles. The molecule has 4 N–H and O–H groups in total. The largest absolute Gasteiger partial charge is 0.457 e. The van der Waals surface area contributed by atoms with Crippen LogP contribution in [0.1, 0.15) is 155 Å². The van der Waals surface area contributed by atoms with Gasteiger partial charge in [-0.15, -0.1) is 0 Å². The van der Waals surface area contributed by atoms with E-state index in [1.54, 1.807) is 0 Å². The van der Waals surface area contributed by atoms with E-state index in [0.29, 0.717) is 13.0 Å². The molecular weight excluding hydrogens is 684 g/mol. The maximum Gasteiger partial charge on any atom is 0.306 e. The number of unbranched alkanes of at least 4 members (excludes halogenated alkanes) is 14. The second-order valence-corrected chi connectivity index (χ2v) is 14.4. The molecule has 1 fully saturated rings. The van der Waals surface area contributed by atoms with Crippen molar-refractivity contribution >= 4 is 5.97 Å². The molecule has 0 amide bonds. The van der Waals surface area contributed by atoms with Crippen LogP contribution < -0.4 is 0 Å². The van der Waals surface area contributed by atoms with Gasteiger partial charge in [0.25, 0.3) is 0 Å². The number of carbonyl (C=O) groups excluding carboxylic acids is 1. The molecule has 0 aromatic rings. The van der Waals surface area contributed by atoms with Gasteiger partial charge in [0.1, 0.15) is 30.5 Å². The summed E-state index contributed by atoms with van der Waals surface area (Å²) in [6.07, 6.45) is 38.2. The third-order valence-electron chi connectivity index (χ3n) is 9.45. The van der Waals surface area contributed by atoms with Crippen LogP contribution in [0.15, 0.2) is 60.8 Å². The summed E-state index contributed by atoms with van der Waals surface area (Å²) in [7, 11) is 0. The predicted molar refractivity (Wildman–Crippen MR) is 219 cm³/mol. The Morgan fingerprint density at radius 2 is 1.13 bits per heavy atom. The zero-order chi connectivity index (χ0) is 39.3. The quantitative estimate of drug-likeness (QED) is 0.0283. The van der Waals surface area contributed by atoms with Crippen LogP contribution >= 0.6 is 0 Å². The second-order valence-electron chi connectivity index (χ2n) is 14.4. The Morgan fingerprint density at radius 1 is 0.611 bits per heavy atom. The molecular formula is C45H78O9. The van der Waals surface area contributed by atoms with Gasteiger partial charge in [0.2, 0.25) is 0 Å². The normalized spacial score (nSPS) is 21.5. The molecule has 0 spiro atoms. The third-order valence-corrected chi connectivity index (χ3v) is 9.45. The number of esters is 1. The van der Waals surface area contributed by atoms with Crippen molar-refractivity contribution in [2.24, 2.45) is 0 Å². The SMILES string of the molecule is CC/C=C\C/C=C\C/C=C\C/C=C\C/C=C\CCCCOCC(COC1OC(CO)C(O)C(O)C1O)OC(=O)CCCCCCCCCCCCCCC. The number of hydrogen-bond donors (Lipinski definition) is 4. The summed E-state index contributed by atoms with van der Waals surface area (Å²) >= 11 is 0. The molecule has 1 rings (SSSR count). The number of aliphatic hydroxyl groups is 4. The van der Waals surface area contributed by atoms with E-state index in [1.807, 2.05) is 0 Å². The van der Waals surface area contributed by atoms with Gasteiger partial charge in [-0.05, 0) is 57.8 Å². The summed E-state index contributed by atoms with van der Waals surface area (Å²) in [5.74, 6) is -0.331. The van der Waals surface area contributed by atoms with Crippen molar-refractivity contribution in [3.05, 3.63) is 60.8 Å². The summed E-state index contributed by atoms with van der Waals surface area (Å²) in [5.41, 5.74) is 0. The molecule has 0 bridgehead atoms. The second kappa shape index (κ2) is 36.5. The van der Waals surface area contributed by atoms with Crippen LogP contribution in [0.2, 0.25) is 0 Å². The molecule has 1 heterocycles.